The average molecular weight is 275 g/mol. The number of aromatic nitrogens is 2. The molecule has 1 aliphatic heterocycles. The van der Waals surface area contributed by atoms with E-state index in [-0.39, 0.29) is 10.9 Å². The van der Waals surface area contributed by atoms with Gasteiger partial charge < -0.3 is 9.84 Å². The molecule has 0 spiro atoms. The summed E-state index contributed by atoms with van der Waals surface area (Å²) in [6.07, 6.45) is 3.36. The number of sulfonamides is 1. The van der Waals surface area contributed by atoms with Crippen molar-refractivity contribution in [3.63, 3.8) is 0 Å². The van der Waals surface area contributed by atoms with Crippen LogP contribution in [0.25, 0.3) is 0 Å². The van der Waals surface area contributed by atoms with E-state index in [1.807, 2.05) is 4.72 Å². The molecule has 1 aliphatic rings. The van der Waals surface area contributed by atoms with E-state index in [1.54, 1.807) is 0 Å². The minimum atomic E-state index is -3.82. The molecule has 0 bridgehead atoms. The third-order valence-corrected chi connectivity index (χ3v) is 3.94. The lowest BCUT2D eigenvalue weighted by Gasteiger charge is -2.06. The van der Waals surface area contributed by atoms with Crippen molar-refractivity contribution in [3.05, 3.63) is 12.4 Å². The van der Waals surface area contributed by atoms with E-state index >= 15 is 0 Å². The van der Waals surface area contributed by atoms with Gasteiger partial charge in [0.15, 0.2) is 0 Å². The van der Waals surface area contributed by atoms with Gasteiger partial charge in [0, 0.05) is 12.8 Å². The highest BCUT2D eigenvalue weighted by Crippen LogP contribution is 2.19. The van der Waals surface area contributed by atoms with E-state index in [1.165, 1.54) is 17.1 Å². The largest absolute Gasteiger partial charge is 0.480 e. The molecule has 0 amide bonds. The number of hydrogen-bond acceptors (Lipinski definition) is 5. The highest BCUT2D eigenvalue weighted by atomic mass is 32.2. The number of carboxylic acid groups (broad SMARTS) is 1. The van der Waals surface area contributed by atoms with Gasteiger partial charge >= 0.3 is 5.97 Å². The Hall–Kier alpha value is -1.45. The lowest BCUT2D eigenvalue weighted by Crippen LogP contribution is -2.29. The standard InChI is InChI=1S/C9H13N3O5S/c13-9(14)4-11-18(15,16)8-3-10-12(5-8)7-1-2-17-6-7/h3,5,7,11H,1-2,4,6H2,(H,13,14). The van der Waals surface area contributed by atoms with Crippen LogP contribution >= 0.6 is 0 Å². The predicted octanol–water partition coefficient (Wildman–Crippen LogP) is -0.793. The first-order chi connectivity index (χ1) is 8.49. The number of ether oxygens (including phenoxy) is 1. The highest BCUT2D eigenvalue weighted by Gasteiger charge is 2.22. The lowest BCUT2D eigenvalue weighted by molar-refractivity contribution is -0.135. The maximum atomic E-state index is 11.7. The van der Waals surface area contributed by atoms with Crippen LogP contribution in [0.3, 0.4) is 0 Å². The summed E-state index contributed by atoms with van der Waals surface area (Å²) in [4.78, 5) is 10.3. The number of rotatable bonds is 5. The number of hydrogen-bond donors (Lipinski definition) is 2. The Kier molecular flexibility index (Phi) is 3.64. The van der Waals surface area contributed by atoms with Gasteiger partial charge in [-0.1, -0.05) is 0 Å². The molecule has 18 heavy (non-hydrogen) atoms. The molecular formula is C9H13N3O5S. The second kappa shape index (κ2) is 5.04. The van der Waals surface area contributed by atoms with Crippen molar-refractivity contribution in [2.75, 3.05) is 19.8 Å². The maximum Gasteiger partial charge on any atom is 0.318 e. The molecule has 1 aromatic rings. The van der Waals surface area contributed by atoms with Gasteiger partial charge in [-0.15, -0.1) is 0 Å². The first kappa shape index (κ1) is 13.0. The smallest absolute Gasteiger partial charge is 0.318 e. The summed E-state index contributed by atoms with van der Waals surface area (Å²) < 4.78 is 32.1. The summed E-state index contributed by atoms with van der Waals surface area (Å²) in [6.45, 7) is 0.480. The highest BCUT2D eigenvalue weighted by molar-refractivity contribution is 7.89. The van der Waals surface area contributed by atoms with Crippen LogP contribution in [0.2, 0.25) is 0 Å². The van der Waals surface area contributed by atoms with Gasteiger partial charge in [-0.05, 0) is 6.42 Å². The molecule has 0 aliphatic carbocycles. The molecule has 100 valence electrons. The van der Waals surface area contributed by atoms with Crippen molar-refractivity contribution in [1.82, 2.24) is 14.5 Å². The van der Waals surface area contributed by atoms with Gasteiger partial charge in [0.25, 0.3) is 0 Å². The normalized spacial score (nSPS) is 20.1. The fourth-order valence-corrected chi connectivity index (χ4v) is 2.54. The Morgan fingerprint density at radius 1 is 1.67 bits per heavy atom. The molecule has 2 rings (SSSR count). The first-order valence-corrected chi connectivity index (χ1v) is 6.81. The van der Waals surface area contributed by atoms with E-state index in [9.17, 15) is 13.2 Å². The summed E-state index contributed by atoms with van der Waals surface area (Å²) in [5, 5.41) is 12.4. The summed E-state index contributed by atoms with van der Waals surface area (Å²) in [5.41, 5.74) is 0. The molecule has 1 atom stereocenters. The topological polar surface area (TPSA) is 111 Å². The summed E-state index contributed by atoms with van der Waals surface area (Å²) in [7, 11) is -3.82. The SMILES string of the molecule is O=C(O)CNS(=O)(=O)c1cnn(C2CCOC2)c1. The molecule has 0 saturated carbocycles. The zero-order valence-corrected chi connectivity index (χ0v) is 10.3. The number of nitrogens with one attached hydrogen (secondary N) is 1. The van der Waals surface area contributed by atoms with Crippen LogP contribution in [0.1, 0.15) is 12.5 Å². The zero-order chi connectivity index (χ0) is 13.2. The van der Waals surface area contributed by atoms with Gasteiger partial charge in [-0.3, -0.25) is 9.48 Å². The van der Waals surface area contributed by atoms with Crippen molar-refractivity contribution < 1.29 is 23.1 Å². The van der Waals surface area contributed by atoms with E-state index in [4.69, 9.17) is 9.84 Å². The molecular weight excluding hydrogens is 262 g/mol. The quantitative estimate of drug-likeness (QED) is 0.728. The second-order valence-corrected chi connectivity index (χ2v) is 5.66. The summed E-state index contributed by atoms with van der Waals surface area (Å²) in [5.74, 6) is -1.24. The van der Waals surface area contributed by atoms with Crippen molar-refractivity contribution in [3.8, 4) is 0 Å². The molecule has 1 unspecified atom stereocenters. The Balaban J connectivity index is 2.11. The van der Waals surface area contributed by atoms with Gasteiger partial charge in [0.05, 0.1) is 18.8 Å². The molecule has 2 N–H and O–H groups in total. The molecule has 1 fully saturated rings. The van der Waals surface area contributed by atoms with Crippen LogP contribution in [-0.2, 0) is 19.6 Å². The minimum Gasteiger partial charge on any atom is -0.480 e. The molecule has 8 nitrogen and oxygen atoms in total. The minimum absolute atomic E-state index is 0.0356. The fraction of sp³-hybridized carbons (Fsp3) is 0.556. The van der Waals surface area contributed by atoms with Crippen LogP contribution in [0.4, 0.5) is 0 Å². The van der Waals surface area contributed by atoms with E-state index in [0.717, 1.165) is 6.42 Å². The Bertz CT molecular complexity index is 532. The van der Waals surface area contributed by atoms with Crippen LogP contribution < -0.4 is 4.72 Å². The third kappa shape index (κ3) is 2.86. The van der Waals surface area contributed by atoms with E-state index in [2.05, 4.69) is 5.10 Å². The van der Waals surface area contributed by atoms with Crippen LogP contribution in [0, 0.1) is 0 Å². The second-order valence-electron chi connectivity index (χ2n) is 3.89. The summed E-state index contributed by atoms with van der Waals surface area (Å²) >= 11 is 0. The monoisotopic (exact) mass is 275 g/mol. The third-order valence-electron chi connectivity index (χ3n) is 2.58. The number of carbonyl (C=O) groups is 1. The number of nitrogens with zero attached hydrogens (tertiary/aromatic N) is 2. The Morgan fingerprint density at radius 3 is 3.06 bits per heavy atom. The van der Waals surface area contributed by atoms with Gasteiger partial charge in [-0.25, -0.2) is 8.42 Å². The van der Waals surface area contributed by atoms with Crippen LogP contribution in [0.5, 0.6) is 0 Å². The molecule has 2 heterocycles. The summed E-state index contributed by atoms with van der Waals surface area (Å²) in [6, 6.07) is 0.0356. The molecule has 1 saturated heterocycles. The number of aliphatic carboxylic acids is 1. The zero-order valence-electron chi connectivity index (χ0n) is 9.44. The van der Waals surface area contributed by atoms with E-state index < -0.39 is 22.5 Å². The van der Waals surface area contributed by atoms with Gasteiger partial charge in [-0.2, -0.15) is 9.82 Å². The molecule has 0 radical (unpaired) electrons. The predicted molar refractivity (Wildman–Crippen MR) is 59.5 cm³/mol. The van der Waals surface area contributed by atoms with Crippen molar-refractivity contribution >= 4 is 16.0 Å². The maximum absolute atomic E-state index is 11.7. The van der Waals surface area contributed by atoms with Gasteiger partial charge in [0.2, 0.25) is 10.0 Å². The van der Waals surface area contributed by atoms with E-state index in [0.29, 0.717) is 13.2 Å². The first-order valence-electron chi connectivity index (χ1n) is 5.32. The molecule has 9 heteroatoms. The Labute approximate surface area is 104 Å². The molecule has 0 aromatic carbocycles. The van der Waals surface area contributed by atoms with Crippen molar-refractivity contribution in [2.24, 2.45) is 0 Å². The lowest BCUT2D eigenvalue weighted by atomic mass is 10.3. The Morgan fingerprint density at radius 2 is 2.44 bits per heavy atom. The van der Waals surface area contributed by atoms with Gasteiger partial charge in [0.1, 0.15) is 11.4 Å². The van der Waals surface area contributed by atoms with Crippen molar-refractivity contribution in [1.29, 1.82) is 0 Å². The fourth-order valence-electron chi connectivity index (χ4n) is 1.63. The average Bonchev–Trinajstić information content (AvgIpc) is 2.96. The van der Waals surface area contributed by atoms with Crippen molar-refractivity contribution in [2.45, 2.75) is 17.4 Å². The van der Waals surface area contributed by atoms with Crippen LogP contribution in [0.15, 0.2) is 17.3 Å². The van der Waals surface area contributed by atoms with Crippen LogP contribution in [-0.4, -0.2) is 49.0 Å². The molecule has 1 aromatic heterocycles. The number of carboxylic acids is 1.